The Morgan fingerprint density at radius 1 is 1.29 bits per heavy atom. The summed E-state index contributed by atoms with van der Waals surface area (Å²) >= 11 is 3.32. The molecule has 1 unspecified atom stereocenters. The topological polar surface area (TPSA) is 53.0 Å². The highest BCUT2D eigenvalue weighted by molar-refractivity contribution is 9.10. The quantitative estimate of drug-likeness (QED) is 0.895. The van der Waals surface area contributed by atoms with Crippen LogP contribution < -0.4 is 5.32 Å². The van der Waals surface area contributed by atoms with Crippen molar-refractivity contribution in [3.63, 3.8) is 0 Å². The molecule has 0 aliphatic heterocycles. The fraction of sp³-hybridized carbons (Fsp3) is 0.500. The Labute approximate surface area is 112 Å². The first kappa shape index (κ1) is 14.7. The molecule has 0 saturated heterocycles. The van der Waals surface area contributed by atoms with Crippen molar-refractivity contribution >= 4 is 25.7 Å². The zero-order valence-electron chi connectivity index (χ0n) is 10.4. The second-order valence-electron chi connectivity index (χ2n) is 5.01. The maximum absolute atomic E-state index is 12.2. The molecule has 1 aromatic carbocycles. The minimum absolute atomic E-state index is 0.00473. The van der Waals surface area contributed by atoms with Crippen LogP contribution in [0.15, 0.2) is 33.6 Å². The van der Waals surface area contributed by atoms with Gasteiger partial charge in [-0.3, -0.25) is 0 Å². The van der Waals surface area contributed by atoms with Crippen molar-refractivity contribution in [2.24, 2.45) is 0 Å². The highest BCUT2D eigenvalue weighted by Gasteiger charge is 2.13. The minimum atomic E-state index is -2.68. The van der Waals surface area contributed by atoms with E-state index in [1.165, 1.54) is 0 Å². The van der Waals surface area contributed by atoms with Crippen molar-refractivity contribution in [3.05, 3.63) is 28.7 Å². The van der Waals surface area contributed by atoms with Crippen LogP contribution in [0, 0.1) is 4.78 Å². The van der Waals surface area contributed by atoms with E-state index in [1.807, 2.05) is 12.1 Å². The van der Waals surface area contributed by atoms with Gasteiger partial charge in [-0.2, -0.15) is 0 Å². The number of rotatable bonds is 4. The van der Waals surface area contributed by atoms with Gasteiger partial charge in [0.25, 0.3) is 0 Å². The van der Waals surface area contributed by atoms with Crippen LogP contribution in [-0.2, 0) is 9.73 Å². The van der Waals surface area contributed by atoms with Crippen LogP contribution in [0.2, 0.25) is 0 Å². The zero-order valence-corrected chi connectivity index (χ0v) is 12.8. The standard InChI is InChI=1S/C12H19BrN2OS/c1-12(2,3)15-8-9-17(14,16)11-6-4-10(13)5-7-11/h4-7,14-15H,8-9H2,1-3H3. The number of nitrogens with one attached hydrogen (secondary N) is 2. The molecule has 0 aliphatic carbocycles. The monoisotopic (exact) mass is 318 g/mol. The molecule has 17 heavy (non-hydrogen) atoms. The van der Waals surface area contributed by atoms with Crippen LogP contribution in [0.4, 0.5) is 0 Å². The molecule has 3 nitrogen and oxygen atoms in total. The average Bonchev–Trinajstić information content (AvgIpc) is 2.15. The molecule has 0 saturated carbocycles. The van der Waals surface area contributed by atoms with E-state index >= 15 is 0 Å². The van der Waals surface area contributed by atoms with Crippen LogP contribution in [0.1, 0.15) is 20.8 Å². The Hall–Kier alpha value is -0.390. The average molecular weight is 319 g/mol. The smallest absolute Gasteiger partial charge is 0.0738 e. The van der Waals surface area contributed by atoms with Crippen LogP contribution in [0.5, 0.6) is 0 Å². The van der Waals surface area contributed by atoms with Crippen molar-refractivity contribution < 1.29 is 4.21 Å². The first-order valence-electron chi connectivity index (χ1n) is 5.48. The summed E-state index contributed by atoms with van der Waals surface area (Å²) in [6.07, 6.45) is 0. The molecule has 0 spiro atoms. The molecule has 0 aromatic heterocycles. The zero-order chi connectivity index (χ0) is 13.1. The molecule has 0 aliphatic rings. The molecule has 0 bridgehead atoms. The van der Waals surface area contributed by atoms with Gasteiger partial charge in [-0.1, -0.05) is 15.9 Å². The van der Waals surface area contributed by atoms with E-state index in [4.69, 9.17) is 4.78 Å². The van der Waals surface area contributed by atoms with Crippen molar-refractivity contribution in [2.75, 3.05) is 12.3 Å². The maximum Gasteiger partial charge on any atom is 0.0738 e. The van der Waals surface area contributed by atoms with Gasteiger partial charge in [-0.25, -0.2) is 8.99 Å². The third kappa shape index (κ3) is 5.19. The van der Waals surface area contributed by atoms with Gasteiger partial charge in [0.2, 0.25) is 0 Å². The fourth-order valence-electron chi connectivity index (χ4n) is 1.34. The van der Waals surface area contributed by atoms with Crippen LogP contribution >= 0.6 is 15.9 Å². The summed E-state index contributed by atoms with van der Waals surface area (Å²) in [5.74, 6) is 0.339. The van der Waals surface area contributed by atoms with Gasteiger partial charge in [0, 0.05) is 27.2 Å². The molecule has 1 atom stereocenters. The van der Waals surface area contributed by atoms with Gasteiger partial charge in [-0.05, 0) is 45.0 Å². The molecular formula is C12H19BrN2OS. The second kappa shape index (κ2) is 5.50. The SMILES string of the molecule is CC(C)(C)NCCS(=N)(=O)c1ccc(Br)cc1. The number of benzene rings is 1. The van der Waals surface area contributed by atoms with Gasteiger partial charge < -0.3 is 5.32 Å². The van der Waals surface area contributed by atoms with Crippen molar-refractivity contribution in [2.45, 2.75) is 31.2 Å². The van der Waals surface area contributed by atoms with Crippen LogP contribution in [-0.4, -0.2) is 22.0 Å². The van der Waals surface area contributed by atoms with E-state index in [1.54, 1.807) is 12.1 Å². The van der Waals surface area contributed by atoms with E-state index in [9.17, 15) is 4.21 Å². The number of hydrogen-bond acceptors (Lipinski definition) is 3. The lowest BCUT2D eigenvalue weighted by Crippen LogP contribution is -2.38. The molecule has 1 aromatic rings. The van der Waals surface area contributed by atoms with E-state index < -0.39 is 9.73 Å². The predicted octanol–water partition coefficient (Wildman–Crippen LogP) is 3.24. The summed E-state index contributed by atoms with van der Waals surface area (Å²) in [5, 5.41) is 3.25. The third-order valence-corrected chi connectivity index (χ3v) is 4.58. The summed E-state index contributed by atoms with van der Waals surface area (Å²) in [6, 6.07) is 7.13. The largest absolute Gasteiger partial charge is 0.311 e. The van der Waals surface area contributed by atoms with Crippen molar-refractivity contribution in [3.8, 4) is 0 Å². The van der Waals surface area contributed by atoms with Crippen molar-refractivity contribution in [1.82, 2.24) is 5.32 Å². The molecule has 1 rings (SSSR count). The summed E-state index contributed by atoms with van der Waals surface area (Å²) in [6.45, 7) is 6.75. The molecule has 2 N–H and O–H groups in total. The van der Waals surface area contributed by atoms with Gasteiger partial charge in [-0.15, -0.1) is 0 Å². The summed E-state index contributed by atoms with van der Waals surface area (Å²) in [7, 11) is -2.68. The lowest BCUT2D eigenvalue weighted by atomic mass is 10.1. The Balaban J connectivity index is 2.66. The summed E-state index contributed by atoms with van der Waals surface area (Å²) in [5.41, 5.74) is -0.00473. The van der Waals surface area contributed by atoms with Crippen LogP contribution in [0.25, 0.3) is 0 Å². The van der Waals surface area contributed by atoms with Gasteiger partial charge >= 0.3 is 0 Å². The van der Waals surface area contributed by atoms with E-state index in [-0.39, 0.29) is 5.54 Å². The molecular weight excluding hydrogens is 300 g/mol. The Morgan fingerprint density at radius 2 is 1.82 bits per heavy atom. The van der Waals surface area contributed by atoms with Crippen LogP contribution in [0.3, 0.4) is 0 Å². The normalized spacial score (nSPS) is 15.5. The van der Waals surface area contributed by atoms with Gasteiger partial charge in [0.1, 0.15) is 0 Å². The summed E-state index contributed by atoms with van der Waals surface area (Å²) in [4.78, 5) is 0.594. The molecule has 96 valence electrons. The Kier molecular flexibility index (Phi) is 4.75. The van der Waals surface area contributed by atoms with E-state index in [0.717, 1.165) is 4.47 Å². The van der Waals surface area contributed by atoms with Gasteiger partial charge in [0.15, 0.2) is 0 Å². The Morgan fingerprint density at radius 3 is 2.29 bits per heavy atom. The summed E-state index contributed by atoms with van der Waals surface area (Å²) < 4.78 is 21.0. The molecule has 0 fully saturated rings. The third-order valence-electron chi connectivity index (χ3n) is 2.24. The number of hydrogen-bond donors (Lipinski definition) is 2. The highest BCUT2D eigenvalue weighted by atomic mass is 79.9. The molecule has 0 amide bonds. The lowest BCUT2D eigenvalue weighted by Gasteiger charge is -2.20. The Bertz CT molecular complexity index is 460. The molecule has 0 radical (unpaired) electrons. The fourth-order valence-corrected chi connectivity index (χ4v) is 2.81. The first-order valence-corrected chi connectivity index (χ1v) is 8.00. The van der Waals surface area contributed by atoms with E-state index in [2.05, 4.69) is 42.0 Å². The maximum atomic E-state index is 12.2. The van der Waals surface area contributed by atoms with E-state index in [0.29, 0.717) is 17.2 Å². The molecule has 5 heteroatoms. The number of halogens is 1. The molecule has 0 heterocycles. The highest BCUT2D eigenvalue weighted by Crippen LogP contribution is 2.16. The minimum Gasteiger partial charge on any atom is -0.311 e. The lowest BCUT2D eigenvalue weighted by molar-refractivity contribution is 0.440. The predicted molar refractivity (Wildman–Crippen MR) is 75.9 cm³/mol. The second-order valence-corrected chi connectivity index (χ2v) is 8.16. The first-order chi connectivity index (χ1) is 7.71. The van der Waals surface area contributed by atoms with Gasteiger partial charge in [0.05, 0.1) is 9.73 Å². The van der Waals surface area contributed by atoms with Crippen molar-refractivity contribution in [1.29, 1.82) is 4.78 Å².